The van der Waals surface area contributed by atoms with Crippen LogP contribution in [0.15, 0.2) is 48.5 Å². The SMILES string of the molecule is COc1ccccc1N1C(=O)N(C(C)=O)[C@H]2[C@@H]1Nc1ccccc1N2C. The van der Waals surface area contributed by atoms with E-state index in [1.54, 1.807) is 18.1 Å². The summed E-state index contributed by atoms with van der Waals surface area (Å²) in [6.07, 6.45) is -0.887. The average molecular weight is 352 g/mol. The van der Waals surface area contributed by atoms with E-state index in [2.05, 4.69) is 5.32 Å². The molecule has 134 valence electrons. The average Bonchev–Trinajstić information content (AvgIpc) is 2.94. The van der Waals surface area contributed by atoms with Crippen molar-refractivity contribution in [1.29, 1.82) is 0 Å². The lowest BCUT2D eigenvalue weighted by molar-refractivity contribution is -0.126. The maximum absolute atomic E-state index is 13.2. The second-order valence-corrected chi connectivity index (χ2v) is 6.34. The van der Waals surface area contributed by atoms with Gasteiger partial charge < -0.3 is 15.0 Å². The highest BCUT2D eigenvalue weighted by Crippen LogP contribution is 2.42. The molecule has 0 bridgehead atoms. The van der Waals surface area contributed by atoms with E-state index in [1.807, 2.05) is 54.4 Å². The monoisotopic (exact) mass is 352 g/mol. The van der Waals surface area contributed by atoms with Crippen LogP contribution < -0.4 is 19.9 Å². The summed E-state index contributed by atoms with van der Waals surface area (Å²) in [5.41, 5.74) is 2.48. The van der Waals surface area contributed by atoms with Crippen molar-refractivity contribution in [3.05, 3.63) is 48.5 Å². The molecule has 0 aromatic heterocycles. The molecular weight excluding hydrogens is 332 g/mol. The Hall–Kier alpha value is -3.22. The van der Waals surface area contributed by atoms with E-state index in [0.29, 0.717) is 11.4 Å². The molecule has 0 spiro atoms. The van der Waals surface area contributed by atoms with E-state index in [4.69, 9.17) is 4.74 Å². The molecule has 0 radical (unpaired) electrons. The van der Waals surface area contributed by atoms with Gasteiger partial charge in [-0.25, -0.2) is 9.69 Å². The minimum atomic E-state index is -0.459. The van der Waals surface area contributed by atoms with E-state index >= 15 is 0 Å². The Morgan fingerprint density at radius 3 is 2.42 bits per heavy atom. The largest absolute Gasteiger partial charge is 0.495 e. The molecule has 0 aliphatic carbocycles. The van der Waals surface area contributed by atoms with Crippen LogP contribution in [-0.4, -0.2) is 43.3 Å². The molecule has 26 heavy (non-hydrogen) atoms. The number of urea groups is 1. The summed E-state index contributed by atoms with van der Waals surface area (Å²) >= 11 is 0. The number of rotatable bonds is 2. The maximum Gasteiger partial charge on any atom is 0.335 e. The Labute approximate surface area is 151 Å². The van der Waals surface area contributed by atoms with Gasteiger partial charge in [-0.05, 0) is 24.3 Å². The number of anilines is 3. The number of imide groups is 1. The van der Waals surface area contributed by atoms with Gasteiger partial charge in [0.25, 0.3) is 0 Å². The minimum Gasteiger partial charge on any atom is -0.495 e. The van der Waals surface area contributed by atoms with E-state index in [-0.39, 0.29) is 11.9 Å². The standard InChI is InChI=1S/C19H20N4O3/c1-12(24)22-18-17(20-13-8-4-5-9-14(13)21(18)2)23(19(22)25)15-10-6-7-11-16(15)26-3/h4-11,17-18,20H,1-3H3/t17-,18+/m1/s1. The zero-order valence-electron chi connectivity index (χ0n) is 14.8. The number of hydrogen-bond acceptors (Lipinski definition) is 5. The molecule has 2 atom stereocenters. The Balaban J connectivity index is 1.87. The zero-order chi connectivity index (χ0) is 18.4. The van der Waals surface area contributed by atoms with Crippen LogP contribution in [0, 0.1) is 0 Å². The normalized spacial score (nSPS) is 21.2. The number of nitrogens with zero attached hydrogens (tertiary/aromatic N) is 3. The van der Waals surface area contributed by atoms with Crippen LogP contribution in [0.2, 0.25) is 0 Å². The molecule has 2 aromatic carbocycles. The lowest BCUT2D eigenvalue weighted by Gasteiger charge is -2.41. The van der Waals surface area contributed by atoms with Crippen molar-refractivity contribution < 1.29 is 14.3 Å². The molecule has 1 N–H and O–H groups in total. The molecule has 2 aliphatic heterocycles. The van der Waals surface area contributed by atoms with Crippen LogP contribution in [0.25, 0.3) is 0 Å². The van der Waals surface area contributed by atoms with Gasteiger partial charge in [0.2, 0.25) is 5.91 Å². The number of likely N-dealkylation sites (N-methyl/N-ethyl adjacent to an activating group) is 1. The molecule has 1 fully saturated rings. The maximum atomic E-state index is 13.2. The first-order valence-corrected chi connectivity index (χ1v) is 8.39. The van der Waals surface area contributed by atoms with Crippen LogP contribution in [0.4, 0.5) is 21.9 Å². The topological polar surface area (TPSA) is 65.1 Å². The van der Waals surface area contributed by atoms with Gasteiger partial charge in [0, 0.05) is 14.0 Å². The van der Waals surface area contributed by atoms with Gasteiger partial charge in [-0.1, -0.05) is 24.3 Å². The van der Waals surface area contributed by atoms with Gasteiger partial charge in [-0.15, -0.1) is 0 Å². The Kier molecular flexibility index (Phi) is 3.72. The number of hydrogen-bond donors (Lipinski definition) is 1. The molecule has 7 heteroatoms. The summed E-state index contributed by atoms with van der Waals surface area (Å²) in [7, 11) is 3.46. The lowest BCUT2D eigenvalue weighted by Crippen LogP contribution is -2.56. The summed E-state index contributed by atoms with van der Waals surface area (Å²) in [4.78, 5) is 30.3. The second kappa shape index (κ2) is 5.94. The fourth-order valence-electron chi connectivity index (χ4n) is 3.75. The molecule has 0 unspecified atom stereocenters. The Bertz CT molecular complexity index is 885. The number of carbonyl (C=O) groups excluding carboxylic acids is 2. The van der Waals surface area contributed by atoms with Crippen molar-refractivity contribution in [3.63, 3.8) is 0 Å². The number of para-hydroxylation sites is 4. The highest BCUT2D eigenvalue weighted by atomic mass is 16.5. The van der Waals surface area contributed by atoms with Crippen LogP contribution in [0.3, 0.4) is 0 Å². The van der Waals surface area contributed by atoms with Crippen LogP contribution in [0.1, 0.15) is 6.92 Å². The van der Waals surface area contributed by atoms with Gasteiger partial charge in [0.15, 0.2) is 6.17 Å². The Morgan fingerprint density at radius 1 is 1.08 bits per heavy atom. The molecule has 0 saturated carbocycles. The fourth-order valence-corrected chi connectivity index (χ4v) is 3.75. The van der Waals surface area contributed by atoms with E-state index < -0.39 is 12.3 Å². The van der Waals surface area contributed by atoms with E-state index in [9.17, 15) is 9.59 Å². The quantitative estimate of drug-likeness (QED) is 0.900. The summed E-state index contributed by atoms with van der Waals surface area (Å²) < 4.78 is 5.44. The van der Waals surface area contributed by atoms with Crippen molar-refractivity contribution in [1.82, 2.24) is 4.90 Å². The number of fused-ring (bicyclic) bond motifs is 2. The number of amides is 3. The highest BCUT2D eigenvalue weighted by Gasteiger charge is 2.53. The summed E-state index contributed by atoms with van der Waals surface area (Å²) in [6.45, 7) is 1.41. The van der Waals surface area contributed by atoms with Gasteiger partial charge in [-0.3, -0.25) is 9.69 Å². The number of methoxy groups -OCH3 is 1. The van der Waals surface area contributed by atoms with E-state index in [0.717, 1.165) is 11.4 Å². The minimum absolute atomic E-state index is 0.296. The van der Waals surface area contributed by atoms with Crippen LogP contribution in [0.5, 0.6) is 5.75 Å². The summed E-state index contributed by atoms with van der Waals surface area (Å²) in [6, 6.07) is 14.7. The smallest absolute Gasteiger partial charge is 0.335 e. The first kappa shape index (κ1) is 16.3. The van der Waals surface area contributed by atoms with Gasteiger partial charge in [0.1, 0.15) is 11.9 Å². The molecule has 2 aliphatic rings. The third-order valence-electron chi connectivity index (χ3n) is 4.91. The van der Waals surface area contributed by atoms with Crippen molar-refractivity contribution in [3.8, 4) is 5.75 Å². The van der Waals surface area contributed by atoms with E-state index in [1.165, 1.54) is 11.8 Å². The fraction of sp³-hybridized carbons (Fsp3) is 0.263. The molecule has 2 heterocycles. The van der Waals surface area contributed by atoms with Crippen LogP contribution >= 0.6 is 0 Å². The van der Waals surface area contributed by atoms with Crippen molar-refractivity contribution in [2.75, 3.05) is 29.3 Å². The second-order valence-electron chi connectivity index (χ2n) is 6.34. The van der Waals surface area contributed by atoms with Gasteiger partial charge in [0.05, 0.1) is 24.2 Å². The zero-order valence-corrected chi connectivity index (χ0v) is 14.8. The first-order chi connectivity index (χ1) is 12.5. The third kappa shape index (κ3) is 2.20. The molecular formula is C19H20N4O3. The molecule has 2 aromatic rings. The molecule has 1 saturated heterocycles. The number of carbonyl (C=O) groups is 2. The van der Waals surface area contributed by atoms with Crippen molar-refractivity contribution >= 4 is 29.0 Å². The molecule has 7 nitrogen and oxygen atoms in total. The van der Waals surface area contributed by atoms with Gasteiger partial charge >= 0.3 is 6.03 Å². The first-order valence-electron chi connectivity index (χ1n) is 8.39. The third-order valence-corrected chi connectivity index (χ3v) is 4.91. The van der Waals surface area contributed by atoms with Crippen molar-refractivity contribution in [2.45, 2.75) is 19.3 Å². The highest BCUT2D eigenvalue weighted by molar-refractivity contribution is 6.07. The van der Waals surface area contributed by atoms with Crippen LogP contribution in [-0.2, 0) is 4.79 Å². The number of ether oxygens (including phenoxy) is 1. The molecule has 3 amide bonds. The van der Waals surface area contributed by atoms with Gasteiger partial charge in [-0.2, -0.15) is 0 Å². The van der Waals surface area contributed by atoms with Crippen molar-refractivity contribution in [2.24, 2.45) is 0 Å². The molecule has 4 rings (SSSR count). The Morgan fingerprint density at radius 2 is 1.73 bits per heavy atom. The summed E-state index contributed by atoms with van der Waals surface area (Å²) in [5, 5.41) is 3.42. The predicted molar refractivity (Wildman–Crippen MR) is 99.4 cm³/mol. The lowest BCUT2D eigenvalue weighted by atomic mass is 10.1. The number of benzene rings is 2. The predicted octanol–water partition coefficient (Wildman–Crippen LogP) is 2.70. The number of nitrogens with one attached hydrogen (secondary N) is 1. The summed E-state index contributed by atoms with van der Waals surface area (Å²) in [5.74, 6) is 0.281.